The number of amides is 1. The number of carbonyl (C=O) groups excluding carboxylic acids is 1. The van der Waals surface area contributed by atoms with E-state index in [-0.39, 0.29) is 18.0 Å². The zero-order valence-electron chi connectivity index (χ0n) is 17.1. The zero-order chi connectivity index (χ0) is 20.7. The number of aryl methyl sites for hydroxylation is 2. The van der Waals surface area contributed by atoms with Gasteiger partial charge in [0.25, 0.3) is 5.91 Å². The molecule has 5 rings (SSSR count). The lowest BCUT2D eigenvalue weighted by Gasteiger charge is -2.25. The summed E-state index contributed by atoms with van der Waals surface area (Å²) in [6.45, 7) is 4.46. The molecule has 2 saturated heterocycles. The van der Waals surface area contributed by atoms with Crippen molar-refractivity contribution in [2.24, 2.45) is 5.92 Å². The fourth-order valence-corrected chi connectivity index (χ4v) is 4.67. The molecule has 3 aromatic rings. The molecule has 0 N–H and O–H groups in total. The second kappa shape index (κ2) is 7.51. The molecular weight excluding hydrogens is 380 g/mol. The Bertz CT molecular complexity index is 1050. The lowest BCUT2D eigenvalue weighted by atomic mass is 9.90. The van der Waals surface area contributed by atoms with Crippen LogP contribution in [0.2, 0.25) is 0 Å². The van der Waals surface area contributed by atoms with Crippen LogP contribution in [0.15, 0.2) is 42.9 Å². The number of ether oxygens (including phenoxy) is 1. The van der Waals surface area contributed by atoms with E-state index >= 15 is 0 Å². The maximum absolute atomic E-state index is 13.6. The van der Waals surface area contributed by atoms with Crippen molar-refractivity contribution in [3.63, 3.8) is 0 Å². The third-order valence-corrected chi connectivity index (χ3v) is 6.08. The predicted molar refractivity (Wildman–Crippen MR) is 109 cm³/mol. The van der Waals surface area contributed by atoms with Crippen LogP contribution in [0, 0.1) is 19.8 Å². The molecule has 1 amide bonds. The molecular formula is C22H24N6O2. The summed E-state index contributed by atoms with van der Waals surface area (Å²) in [5.41, 5.74) is 2.92. The molecule has 0 spiro atoms. The van der Waals surface area contributed by atoms with E-state index in [1.54, 1.807) is 18.6 Å². The van der Waals surface area contributed by atoms with Crippen molar-refractivity contribution in [2.45, 2.75) is 45.2 Å². The topological polar surface area (TPSA) is 86.0 Å². The summed E-state index contributed by atoms with van der Waals surface area (Å²) in [7, 11) is 0. The highest BCUT2D eigenvalue weighted by Crippen LogP contribution is 2.42. The van der Waals surface area contributed by atoms with Crippen LogP contribution < -0.4 is 4.74 Å². The summed E-state index contributed by atoms with van der Waals surface area (Å²) in [6.07, 6.45) is 7.97. The zero-order valence-corrected chi connectivity index (χ0v) is 17.1. The van der Waals surface area contributed by atoms with Crippen LogP contribution in [0.3, 0.4) is 0 Å². The molecule has 154 valence electrons. The lowest BCUT2D eigenvalue weighted by molar-refractivity contribution is 0.0703. The number of hydrogen-bond acceptors (Lipinski definition) is 6. The Kier molecular flexibility index (Phi) is 4.69. The Balaban J connectivity index is 1.36. The molecule has 3 unspecified atom stereocenters. The standard InChI is InChI=1S/C22H24N6O2/c1-14-3-8-20(23-12-14)30-13-16-11-17-5-7-18(16)27(17)22(29)21-19(6-4-15(2)26-21)28-24-9-10-25-28/h3-4,6,8-10,12,16-18H,5,7,11,13H2,1-2H3. The Hall–Kier alpha value is -3.29. The second-order valence-corrected chi connectivity index (χ2v) is 8.13. The Morgan fingerprint density at radius 3 is 2.73 bits per heavy atom. The van der Waals surface area contributed by atoms with Crippen LogP contribution in [-0.2, 0) is 0 Å². The summed E-state index contributed by atoms with van der Waals surface area (Å²) in [6, 6.07) is 8.01. The van der Waals surface area contributed by atoms with Gasteiger partial charge in [0.2, 0.25) is 5.88 Å². The van der Waals surface area contributed by atoms with Crippen molar-refractivity contribution in [1.82, 2.24) is 29.9 Å². The van der Waals surface area contributed by atoms with Gasteiger partial charge in [0.15, 0.2) is 5.69 Å². The van der Waals surface area contributed by atoms with Gasteiger partial charge in [0.05, 0.1) is 19.0 Å². The Morgan fingerprint density at radius 1 is 1.13 bits per heavy atom. The minimum absolute atomic E-state index is 0.0468. The molecule has 30 heavy (non-hydrogen) atoms. The molecule has 3 aromatic heterocycles. The maximum Gasteiger partial charge on any atom is 0.275 e. The molecule has 0 aromatic carbocycles. The molecule has 5 heterocycles. The molecule has 2 aliphatic rings. The van der Waals surface area contributed by atoms with Gasteiger partial charge in [-0.3, -0.25) is 4.79 Å². The maximum atomic E-state index is 13.6. The van der Waals surface area contributed by atoms with E-state index in [0.29, 0.717) is 29.8 Å². The monoisotopic (exact) mass is 404 g/mol. The molecule has 2 bridgehead atoms. The number of hydrogen-bond donors (Lipinski definition) is 0. The second-order valence-electron chi connectivity index (χ2n) is 8.13. The fraction of sp³-hybridized carbons (Fsp3) is 0.409. The quantitative estimate of drug-likeness (QED) is 0.650. The predicted octanol–water partition coefficient (Wildman–Crippen LogP) is 2.75. The average Bonchev–Trinajstić information content (AvgIpc) is 3.49. The summed E-state index contributed by atoms with van der Waals surface area (Å²) in [5, 5.41) is 8.38. The highest BCUT2D eigenvalue weighted by Gasteiger charge is 2.49. The normalized spacial score (nSPS) is 22.5. The summed E-state index contributed by atoms with van der Waals surface area (Å²) < 4.78 is 5.94. The average molecular weight is 404 g/mol. The number of aromatic nitrogens is 5. The van der Waals surface area contributed by atoms with Gasteiger partial charge in [-0.15, -0.1) is 4.80 Å². The smallest absolute Gasteiger partial charge is 0.275 e. The van der Waals surface area contributed by atoms with Gasteiger partial charge >= 0.3 is 0 Å². The van der Waals surface area contributed by atoms with Crippen LogP contribution in [0.4, 0.5) is 0 Å². The molecule has 2 aliphatic heterocycles. The lowest BCUT2D eigenvalue weighted by Crippen LogP contribution is -2.38. The van der Waals surface area contributed by atoms with Crippen molar-refractivity contribution < 1.29 is 9.53 Å². The molecule has 8 nitrogen and oxygen atoms in total. The van der Waals surface area contributed by atoms with Crippen LogP contribution in [0.5, 0.6) is 5.88 Å². The van der Waals surface area contributed by atoms with E-state index in [2.05, 4.69) is 20.2 Å². The molecule has 0 saturated carbocycles. The third kappa shape index (κ3) is 3.32. The first-order valence-corrected chi connectivity index (χ1v) is 10.3. The summed E-state index contributed by atoms with van der Waals surface area (Å²) in [4.78, 5) is 25.9. The molecule has 0 aliphatic carbocycles. The van der Waals surface area contributed by atoms with E-state index in [0.717, 1.165) is 30.5 Å². The Morgan fingerprint density at radius 2 is 1.97 bits per heavy atom. The number of nitrogens with zero attached hydrogens (tertiary/aromatic N) is 6. The number of rotatable bonds is 5. The van der Waals surface area contributed by atoms with Crippen LogP contribution >= 0.6 is 0 Å². The van der Waals surface area contributed by atoms with Crippen LogP contribution in [0.25, 0.3) is 5.69 Å². The van der Waals surface area contributed by atoms with Crippen molar-refractivity contribution >= 4 is 5.91 Å². The van der Waals surface area contributed by atoms with Gasteiger partial charge in [-0.25, -0.2) is 9.97 Å². The first-order valence-electron chi connectivity index (χ1n) is 10.3. The van der Waals surface area contributed by atoms with E-state index in [9.17, 15) is 4.79 Å². The number of carbonyl (C=O) groups is 1. The van der Waals surface area contributed by atoms with E-state index in [1.165, 1.54) is 4.80 Å². The molecule has 2 fully saturated rings. The van der Waals surface area contributed by atoms with E-state index in [1.807, 2.05) is 43.0 Å². The highest BCUT2D eigenvalue weighted by atomic mass is 16.5. The summed E-state index contributed by atoms with van der Waals surface area (Å²) >= 11 is 0. The SMILES string of the molecule is Cc1ccc(OCC2CC3CCC2N3C(=O)c2nc(C)ccc2-n2nccn2)nc1. The molecule has 8 heteroatoms. The van der Waals surface area contributed by atoms with Gasteiger partial charge in [0, 0.05) is 36.0 Å². The molecule has 0 radical (unpaired) electrons. The van der Waals surface area contributed by atoms with Gasteiger partial charge in [-0.2, -0.15) is 10.2 Å². The van der Waals surface area contributed by atoms with E-state index < -0.39 is 0 Å². The minimum Gasteiger partial charge on any atom is -0.477 e. The highest BCUT2D eigenvalue weighted by molar-refractivity contribution is 5.96. The number of pyridine rings is 2. The largest absolute Gasteiger partial charge is 0.477 e. The number of fused-ring (bicyclic) bond motifs is 2. The van der Waals surface area contributed by atoms with Crippen molar-refractivity contribution in [3.8, 4) is 11.6 Å². The van der Waals surface area contributed by atoms with Crippen LogP contribution in [0.1, 0.15) is 41.0 Å². The van der Waals surface area contributed by atoms with Crippen molar-refractivity contribution in [1.29, 1.82) is 0 Å². The first-order chi connectivity index (χ1) is 14.6. The Labute approximate surface area is 174 Å². The summed E-state index contributed by atoms with van der Waals surface area (Å²) in [5.74, 6) is 0.884. The van der Waals surface area contributed by atoms with Gasteiger partial charge in [-0.1, -0.05) is 6.07 Å². The van der Waals surface area contributed by atoms with Gasteiger partial charge in [-0.05, 0) is 50.8 Å². The van der Waals surface area contributed by atoms with Crippen molar-refractivity contribution in [2.75, 3.05) is 6.61 Å². The van der Waals surface area contributed by atoms with Gasteiger partial charge in [0.1, 0.15) is 5.69 Å². The third-order valence-electron chi connectivity index (χ3n) is 6.08. The van der Waals surface area contributed by atoms with Gasteiger partial charge < -0.3 is 9.64 Å². The van der Waals surface area contributed by atoms with E-state index in [4.69, 9.17) is 4.74 Å². The minimum atomic E-state index is -0.0468. The fourth-order valence-electron chi connectivity index (χ4n) is 4.67. The molecule has 3 atom stereocenters. The first kappa shape index (κ1) is 18.7. The van der Waals surface area contributed by atoms with Crippen molar-refractivity contribution in [3.05, 3.63) is 59.8 Å². The van der Waals surface area contributed by atoms with Crippen LogP contribution in [-0.4, -0.2) is 54.5 Å².